The van der Waals surface area contributed by atoms with Gasteiger partial charge in [0, 0.05) is 25.7 Å². The van der Waals surface area contributed by atoms with E-state index in [4.69, 9.17) is 0 Å². The second kappa shape index (κ2) is 18.3. The zero-order valence-corrected chi connectivity index (χ0v) is 24.6. The van der Waals surface area contributed by atoms with Crippen molar-refractivity contribution in [3.8, 4) is 23.0 Å². The monoisotopic (exact) mass is 670 g/mol. The molecule has 0 radical (unpaired) electrons. The molecule has 47 heavy (non-hydrogen) atoms. The minimum atomic E-state index is -1.23. The molecule has 2 aliphatic heterocycles. The molecule has 4 atom stereocenters. The van der Waals surface area contributed by atoms with Crippen molar-refractivity contribution in [3.63, 3.8) is 0 Å². The van der Waals surface area contributed by atoms with Gasteiger partial charge in [-0.05, 0) is 48.2 Å². The van der Waals surface area contributed by atoms with Crippen molar-refractivity contribution in [1.82, 2.24) is 21.3 Å². The Morgan fingerprint density at radius 1 is 0.638 bits per heavy atom. The summed E-state index contributed by atoms with van der Waals surface area (Å²) in [5.74, 6) is -5.40. The lowest BCUT2D eigenvalue weighted by Gasteiger charge is -2.17. The molecule has 2 aliphatic rings. The molecule has 0 spiro atoms. The van der Waals surface area contributed by atoms with Crippen molar-refractivity contribution in [3.05, 3.63) is 47.5 Å². The van der Waals surface area contributed by atoms with Crippen LogP contribution in [-0.2, 0) is 41.6 Å². The van der Waals surface area contributed by atoms with Crippen LogP contribution in [0.1, 0.15) is 36.8 Å². The number of rotatable bonds is 10. The maximum Gasteiger partial charge on any atom is 0.326 e. The van der Waals surface area contributed by atoms with Crippen molar-refractivity contribution in [2.24, 2.45) is 0 Å². The fourth-order valence-corrected chi connectivity index (χ4v) is 4.43. The van der Waals surface area contributed by atoms with Gasteiger partial charge in [0.2, 0.25) is 23.6 Å². The number of phenolic OH excluding ortho intramolecular Hbond substituents is 4. The summed E-state index contributed by atoms with van der Waals surface area (Å²) in [5, 5.41) is 65.3. The summed E-state index contributed by atoms with van der Waals surface area (Å²) in [6, 6.07) is 4.01. The molecule has 260 valence electrons. The van der Waals surface area contributed by atoms with Gasteiger partial charge in [-0.25, -0.2) is 9.59 Å². The second-order valence-electron chi connectivity index (χ2n) is 10.2. The molecule has 4 rings (SSSR count). The minimum Gasteiger partial charge on any atom is -0.504 e. The van der Waals surface area contributed by atoms with Crippen LogP contribution in [0.4, 0.5) is 0 Å². The molecular weight excluding hydrogens is 632 g/mol. The van der Waals surface area contributed by atoms with E-state index in [0.717, 1.165) is 0 Å². The number of amides is 4. The fourth-order valence-electron chi connectivity index (χ4n) is 4.43. The topological polar surface area (TPSA) is 366 Å². The van der Waals surface area contributed by atoms with Gasteiger partial charge in [0.15, 0.2) is 23.0 Å². The van der Waals surface area contributed by atoms with Crippen LogP contribution in [0, 0.1) is 0 Å². The fraction of sp³-hybridized carbons (Fsp3) is 0.357. The van der Waals surface area contributed by atoms with Crippen molar-refractivity contribution in [2.75, 3.05) is 0 Å². The number of carbonyl (C=O) groups excluding carboxylic acids is 4. The molecule has 2 heterocycles. The highest BCUT2D eigenvalue weighted by Gasteiger charge is 2.31. The van der Waals surface area contributed by atoms with E-state index >= 15 is 0 Å². The zero-order valence-electron chi connectivity index (χ0n) is 24.6. The number of hydrogen-bond acceptors (Lipinski definition) is 10. The Labute approximate surface area is 266 Å². The SMILES string of the molecule is O.O.O.O=C1CCC(C(=O)NC(Cc2ccc(O)c(O)c2)C(=O)O)N1.O=C1CCC(C(=O)NC(Cc2ccc(O)c(O)c2)C(=O)O)N1. The number of nitrogens with one attached hydrogen (secondary N) is 4. The number of carbonyl (C=O) groups is 6. The van der Waals surface area contributed by atoms with E-state index in [1.54, 1.807) is 0 Å². The average molecular weight is 671 g/mol. The highest BCUT2D eigenvalue weighted by atomic mass is 16.4. The summed E-state index contributed by atoms with van der Waals surface area (Å²) in [6.45, 7) is 0. The summed E-state index contributed by atoms with van der Waals surface area (Å²) < 4.78 is 0. The average Bonchev–Trinajstić information content (AvgIpc) is 3.60. The number of aliphatic carboxylic acids is 2. The van der Waals surface area contributed by atoms with Crippen LogP contribution in [0.15, 0.2) is 36.4 Å². The van der Waals surface area contributed by atoms with E-state index in [9.17, 15) is 59.4 Å². The molecule has 2 aromatic carbocycles. The molecular formula is C28H38N4O15. The number of aromatic hydroxyl groups is 4. The van der Waals surface area contributed by atoms with Gasteiger partial charge in [-0.3, -0.25) is 19.2 Å². The standard InChI is InChI=1S/2C14H16N2O6.3H2O/c2*17-10-3-1-7(6-11(10)18)5-9(14(21)22)16-13(20)8-2-4-12(19)15-8;;;/h2*1,3,6,8-9,17-18H,2,4-5H2,(H,15,19)(H,16,20)(H,21,22);3*1H2. The highest BCUT2D eigenvalue weighted by Crippen LogP contribution is 2.26. The molecule has 4 unspecified atom stereocenters. The van der Waals surface area contributed by atoms with Crippen molar-refractivity contribution < 1.29 is 75.8 Å². The molecule has 19 heteroatoms. The first-order valence-corrected chi connectivity index (χ1v) is 13.4. The van der Waals surface area contributed by atoms with Crippen LogP contribution in [0.2, 0.25) is 0 Å². The Balaban J connectivity index is 0.000000846. The van der Waals surface area contributed by atoms with Gasteiger partial charge in [-0.15, -0.1) is 0 Å². The predicted molar refractivity (Wildman–Crippen MR) is 159 cm³/mol. The van der Waals surface area contributed by atoms with Crippen LogP contribution in [0.5, 0.6) is 23.0 Å². The number of carboxylic acid groups (broad SMARTS) is 2. The quantitative estimate of drug-likeness (QED) is 0.110. The van der Waals surface area contributed by atoms with Crippen LogP contribution >= 0.6 is 0 Å². The van der Waals surface area contributed by atoms with Gasteiger partial charge in [0.25, 0.3) is 0 Å². The molecule has 19 nitrogen and oxygen atoms in total. The second-order valence-corrected chi connectivity index (χ2v) is 10.2. The van der Waals surface area contributed by atoms with Crippen molar-refractivity contribution >= 4 is 35.6 Å². The first-order chi connectivity index (χ1) is 20.7. The lowest BCUT2D eigenvalue weighted by molar-refractivity contribution is -0.142. The highest BCUT2D eigenvalue weighted by molar-refractivity contribution is 5.93. The summed E-state index contributed by atoms with van der Waals surface area (Å²) in [4.78, 5) is 68.5. The van der Waals surface area contributed by atoms with E-state index in [0.29, 0.717) is 24.0 Å². The number of hydrogen-bond donors (Lipinski definition) is 10. The van der Waals surface area contributed by atoms with Crippen molar-refractivity contribution in [2.45, 2.75) is 62.7 Å². The Hall–Kier alpha value is -5.66. The molecule has 2 fully saturated rings. The van der Waals surface area contributed by atoms with Crippen LogP contribution < -0.4 is 21.3 Å². The van der Waals surface area contributed by atoms with Gasteiger partial charge >= 0.3 is 11.9 Å². The van der Waals surface area contributed by atoms with E-state index in [2.05, 4.69) is 21.3 Å². The van der Waals surface area contributed by atoms with Crippen LogP contribution in [0.25, 0.3) is 0 Å². The normalized spacial score (nSPS) is 17.4. The number of carboxylic acids is 2. The zero-order chi connectivity index (χ0) is 32.6. The third kappa shape index (κ3) is 12.0. The molecule has 0 bridgehead atoms. The Morgan fingerprint density at radius 2 is 0.979 bits per heavy atom. The summed E-state index contributed by atoms with van der Waals surface area (Å²) in [6.07, 6.45) is 1.02. The van der Waals surface area contributed by atoms with E-state index in [1.165, 1.54) is 36.4 Å². The third-order valence-electron chi connectivity index (χ3n) is 6.81. The number of phenols is 4. The molecule has 0 aliphatic carbocycles. The maximum atomic E-state index is 11.9. The smallest absolute Gasteiger partial charge is 0.326 e. The Morgan fingerprint density at radius 3 is 1.23 bits per heavy atom. The lowest BCUT2D eigenvalue weighted by atomic mass is 10.0. The summed E-state index contributed by atoms with van der Waals surface area (Å²) in [7, 11) is 0. The first-order valence-electron chi connectivity index (χ1n) is 13.4. The van der Waals surface area contributed by atoms with Gasteiger partial charge in [0.05, 0.1) is 0 Å². The Kier molecular flexibility index (Phi) is 16.1. The van der Waals surface area contributed by atoms with Gasteiger partial charge in [-0.1, -0.05) is 12.1 Å². The van der Waals surface area contributed by atoms with E-state index < -0.39 is 47.9 Å². The van der Waals surface area contributed by atoms with Gasteiger partial charge in [-0.2, -0.15) is 0 Å². The van der Waals surface area contributed by atoms with E-state index in [-0.39, 0.29) is 76.9 Å². The predicted octanol–water partition coefficient (Wildman–Crippen LogP) is -3.50. The summed E-state index contributed by atoms with van der Waals surface area (Å²) >= 11 is 0. The lowest BCUT2D eigenvalue weighted by Crippen LogP contribution is -2.49. The van der Waals surface area contributed by atoms with Crippen molar-refractivity contribution in [1.29, 1.82) is 0 Å². The maximum absolute atomic E-state index is 11.9. The largest absolute Gasteiger partial charge is 0.504 e. The molecule has 2 saturated heterocycles. The first kappa shape index (κ1) is 41.3. The molecule has 16 N–H and O–H groups in total. The Bertz CT molecular complexity index is 1340. The van der Waals surface area contributed by atoms with Gasteiger partial charge in [0.1, 0.15) is 24.2 Å². The van der Waals surface area contributed by atoms with E-state index in [1.807, 2.05) is 0 Å². The van der Waals surface area contributed by atoms with Gasteiger partial charge < -0.3 is 68.3 Å². The molecule has 2 aromatic rings. The molecule has 0 aromatic heterocycles. The number of benzene rings is 2. The van der Waals surface area contributed by atoms with Crippen LogP contribution in [0.3, 0.4) is 0 Å². The minimum absolute atomic E-state index is 0. The third-order valence-corrected chi connectivity index (χ3v) is 6.81. The molecule has 0 saturated carbocycles. The summed E-state index contributed by atoms with van der Waals surface area (Å²) in [5.41, 5.74) is 0.886. The molecule has 4 amide bonds. The van der Waals surface area contributed by atoms with Crippen LogP contribution in [-0.4, -0.2) is 107 Å².